The van der Waals surface area contributed by atoms with Crippen molar-refractivity contribution in [2.75, 3.05) is 17.2 Å². The van der Waals surface area contributed by atoms with E-state index in [0.717, 1.165) is 36.6 Å². The Morgan fingerprint density at radius 2 is 1.83 bits per heavy atom. The summed E-state index contributed by atoms with van der Waals surface area (Å²) in [7, 11) is 0. The first-order valence-electron chi connectivity index (χ1n) is 9.97. The second kappa shape index (κ2) is 7.72. The van der Waals surface area contributed by atoms with Crippen LogP contribution in [0.15, 0.2) is 54.6 Å². The molecule has 150 valence electrons. The number of aromatic nitrogens is 2. The summed E-state index contributed by atoms with van der Waals surface area (Å²) in [5.41, 5.74) is 5.14. The van der Waals surface area contributed by atoms with Crippen LogP contribution in [0.25, 0.3) is 5.69 Å². The Bertz CT molecular complexity index is 1020. The van der Waals surface area contributed by atoms with Crippen molar-refractivity contribution >= 4 is 17.5 Å². The molecule has 29 heavy (non-hydrogen) atoms. The summed E-state index contributed by atoms with van der Waals surface area (Å²) in [6, 6.07) is 17.4. The number of carbonyl (C=O) groups is 1. The van der Waals surface area contributed by atoms with E-state index < -0.39 is 0 Å². The van der Waals surface area contributed by atoms with Crippen LogP contribution in [-0.2, 0) is 18.4 Å². The number of urea groups is 1. The van der Waals surface area contributed by atoms with E-state index in [4.69, 9.17) is 5.10 Å². The van der Waals surface area contributed by atoms with Gasteiger partial charge in [0, 0.05) is 23.7 Å². The third-order valence-corrected chi connectivity index (χ3v) is 5.07. The first kappa shape index (κ1) is 19.2. The van der Waals surface area contributed by atoms with Crippen molar-refractivity contribution in [3.05, 3.63) is 71.4 Å². The zero-order valence-electron chi connectivity index (χ0n) is 17.1. The lowest BCUT2D eigenvalue weighted by atomic mass is 9.92. The Hall–Kier alpha value is -3.12. The fourth-order valence-electron chi connectivity index (χ4n) is 3.43. The number of anilines is 2. The van der Waals surface area contributed by atoms with E-state index in [2.05, 4.69) is 54.9 Å². The Morgan fingerprint density at radius 3 is 2.59 bits per heavy atom. The van der Waals surface area contributed by atoms with Gasteiger partial charge in [0.2, 0.25) is 0 Å². The van der Waals surface area contributed by atoms with Crippen molar-refractivity contribution in [1.29, 1.82) is 0 Å². The molecule has 0 radical (unpaired) electrons. The van der Waals surface area contributed by atoms with Gasteiger partial charge in [-0.05, 0) is 48.4 Å². The van der Waals surface area contributed by atoms with E-state index in [9.17, 15) is 4.79 Å². The molecular formula is C23H27N5O. The molecule has 0 unspecified atom stereocenters. The van der Waals surface area contributed by atoms with Crippen LogP contribution >= 0.6 is 0 Å². The maximum absolute atomic E-state index is 12.6. The minimum atomic E-state index is -0.292. The van der Waals surface area contributed by atoms with Gasteiger partial charge in [0.25, 0.3) is 0 Å². The van der Waals surface area contributed by atoms with Gasteiger partial charge in [-0.2, -0.15) is 5.10 Å². The van der Waals surface area contributed by atoms with E-state index in [1.165, 1.54) is 11.1 Å². The number of nitrogens with zero attached hydrogens (tertiary/aromatic N) is 2. The van der Waals surface area contributed by atoms with Gasteiger partial charge in [0.05, 0.1) is 11.4 Å². The Labute approximate surface area is 171 Å². The van der Waals surface area contributed by atoms with Crippen molar-refractivity contribution in [2.24, 2.45) is 0 Å². The number of fused-ring (bicyclic) bond motifs is 1. The number of carbonyl (C=O) groups excluding carboxylic acids is 1. The highest BCUT2D eigenvalue weighted by Crippen LogP contribution is 2.28. The normalized spacial score (nSPS) is 13.6. The first-order valence-corrected chi connectivity index (χ1v) is 9.97. The van der Waals surface area contributed by atoms with Crippen LogP contribution in [0.1, 0.15) is 37.6 Å². The second-order valence-corrected chi connectivity index (χ2v) is 8.40. The van der Waals surface area contributed by atoms with Gasteiger partial charge >= 0.3 is 6.03 Å². The van der Waals surface area contributed by atoms with E-state index in [0.29, 0.717) is 5.82 Å². The number of para-hydroxylation sites is 1. The highest BCUT2D eigenvalue weighted by molar-refractivity contribution is 5.99. The first-order chi connectivity index (χ1) is 13.9. The average molecular weight is 390 g/mol. The molecule has 0 aliphatic carbocycles. The molecule has 3 N–H and O–H groups in total. The van der Waals surface area contributed by atoms with Crippen molar-refractivity contribution in [3.8, 4) is 5.69 Å². The molecule has 2 aromatic carbocycles. The lowest BCUT2D eigenvalue weighted by molar-refractivity contribution is 0.262. The lowest BCUT2D eigenvalue weighted by Crippen LogP contribution is -2.24. The molecule has 6 heteroatoms. The third-order valence-electron chi connectivity index (χ3n) is 5.07. The van der Waals surface area contributed by atoms with Gasteiger partial charge in [0.1, 0.15) is 5.82 Å². The summed E-state index contributed by atoms with van der Waals surface area (Å²) in [5, 5.41) is 14.1. The van der Waals surface area contributed by atoms with Gasteiger partial charge in [-0.1, -0.05) is 45.0 Å². The maximum Gasteiger partial charge on any atom is 0.324 e. The van der Waals surface area contributed by atoms with Crippen LogP contribution in [-0.4, -0.2) is 22.4 Å². The summed E-state index contributed by atoms with van der Waals surface area (Å²) in [4.78, 5) is 12.6. The number of amides is 2. The predicted molar refractivity (Wildman–Crippen MR) is 117 cm³/mol. The quantitative estimate of drug-likeness (QED) is 0.619. The number of hydrogen-bond acceptors (Lipinski definition) is 3. The molecule has 0 fully saturated rings. The zero-order chi connectivity index (χ0) is 20.4. The third kappa shape index (κ3) is 4.32. The minimum absolute atomic E-state index is 0.129. The largest absolute Gasteiger partial charge is 0.324 e. The monoisotopic (exact) mass is 389 g/mol. The van der Waals surface area contributed by atoms with Crippen molar-refractivity contribution in [2.45, 2.75) is 39.2 Å². The number of rotatable bonds is 3. The van der Waals surface area contributed by atoms with Gasteiger partial charge in [-0.25, -0.2) is 9.48 Å². The van der Waals surface area contributed by atoms with E-state index in [-0.39, 0.29) is 11.4 Å². The van der Waals surface area contributed by atoms with Crippen molar-refractivity contribution < 1.29 is 4.79 Å². The number of hydrogen-bond donors (Lipinski definition) is 3. The molecule has 1 aliphatic rings. The highest BCUT2D eigenvalue weighted by Gasteiger charge is 2.22. The lowest BCUT2D eigenvalue weighted by Gasteiger charge is -2.18. The van der Waals surface area contributed by atoms with Crippen LogP contribution in [0, 0.1) is 0 Å². The molecule has 0 saturated heterocycles. The predicted octanol–water partition coefficient (Wildman–Crippen LogP) is 4.46. The van der Waals surface area contributed by atoms with Gasteiger partial charge in [-0.3, -0.25) is 5.32 Å². The molecule has 0 bridgehead atoms. The summed E-state index contributed by atoms with van der Waals surface area (Å²) >= 11 is 0. The standard InChI is InChI=1S/C23H27N5O/c1-23(2,3)20-14-21(26-22(29)25-18-7-5-4-6-8-18)28(27-20)19-10-9-17-15-24-12-11-16(17)13-19/h4-10,13-14,24H,11-12,15H2,1-3H3,(H2,25,26,29). The highest BCUT2D eigenvalue weighted by atomic mass is 16.2. The van der Waals surface area contributed by atoms with E-state index in [1.54, 1.807) is 0 Å². The van der Waals surface area contributed by atoms with Crippen LogP contribution in [0.2, 0.25) is 0 Å². The molecule has 0 atom stereocenters. The molecule has 2 heterocycles. The number of nitrogens with one attached hydrogen (secondary N) is 3. The van der Waals surface area contributed by atoms with Crippen LogP contribution < -0.4 is 16.0 Å². The topological polar surface area (TPSA) is 71.0 Å². The Kier molecular flexibility index (Phi) is 5.11. The summed E-state index contributed by atoms with van der Waals surface area (Å²) in [5.74, 6) is 0.650. The second-order valence-electron chi connectivity index (χ2n) is 8.40. The molecular weight excluding hydrogens is 362 g/mol. The maximum atomic E-state index is 12.6. The number of benzene rings is 2. The minimum Gasteiger partial charge on any atom is -0.312 e. The molecule has 4 rings (SSSR count). The van der Waals surface area contributed by atoms with Crippen molar-refractivity contribution in [1.82, 2.24) is 15.1 Å². The molecule has 3 aromatic rings. The molecule has 1 aliphatic heterocycles. The molecule has 0 spiro atoms. The molecule has 2 amide bonds. The molecule has 1 aromatic heterocycles. The molecule has 6 nitrogen and oxygen atoms in total. The summed E-state index contributed by atoms with van der Waals surface area (Å²) < 4.78 is 1.83. The van der Waals surface area contributed by atoms with Crippen LogP contribution in [0.4, 0.5) is 16.3 Å². The SMILES string of the molecule is CC(C)(C)c1cc(NC(=O)Nc2ccccc2)n(-c2ccc3c(c2)CCNC3)n1. The van der Waals surface area contributed by atoms with Gasteiger partial charge in [0.15, 0.2) is 0 Å². The average Bonchev–Trinajstić information content (AvgIpc) is 3.12. The van der Waals surface area contributed by atoms with Gasteiger partial charge in [-0.15, -0.1) is 0 Å². The van der Waals surface area contributed by atoms with Gasteiger partial charge < -0.3 is 10.6 Å². The van der Waals surface area contributed by atoms with E-state index >= 15 is 0 Å². The summed E-state index contributed by atoms with van der Waals surface area (Å²) in [6.45, 7) is 8.23. The fraction of sp³-hybridized carbons (Fsp3) is 0.304. The Morgan fingerprint density at radius 1 is 1.03 bits per heavy atom. The Balaban J connectivity index is 1.66. The van der Waals surface area contributed by atoms with Crippen LogP contribution in [0.5, 0.6) is 0 Å². The van der Waals surface area contributed by atoms with E-state index in [1.807, 2.05) is 41.1 Å². The summed E-state index contributed by atoms with van der Waals surface area (Å²) in [6.07, 6.45) is 0.994. The smallest absolute Gasteiger partial charge is 0.312 e. The van der Waals surface area contributed by atoms with Crippen LogP contribution in [0.3, 0.4) is 0 Å². The zero-order valence-corrected chi connectivity index (χ0v) is 17.1. The van der Waals surface area contributed by atoms with Crippen molar-refractivity contribution in [3.63, 3.8) is 0 Å². The molecule has 0 saturated carbocycles. The fourth-order valence-corrected chi connectivity index (χ4v) is 3.43.